The van der Waals surface area contributed by atoms with Gasteiger partial charge in [0.05, 0.1) is 34.6 Å². The Hall–Kier alpha value is -4.15. The molecule has 1 amide bonds. The number of rotatable bonds is 4. The van der Waals surface area contributed by atoms with E-state index in [1.165, 1.54) is 18.2 Å². The van der Waals surface area contributed by atoms with Crippen LogP contribution in [0, 0.1) is 11.3 Å². The molecule has 8 nitrogen and oxygen atoms in total. The molecule has 14 heteroatoms. The maximum Gasteiger partial charge on any atom is 0.484 e. The van der Waals surface area contributed by atoms with Gasteiger partial charge in [-0.3, -0.25) is 14.8 Å². The molecule has 1 aromatic carbocycles. The summed E-state index contributed by atoms with van der Waals surface area (Å²) in [6, 6.07) is 4.90. The minimum absolute atomic E-state index is 0.0810. The number of dihydropyridines is 1. The number of anilines is 2. The Kier molecular flexibility index (Phi) is 6.33. The van der Waals surface area contributed by atoms with Crippen molar-refractivity contribution in [3.63, 3.8) is 0 Å². The van der Waals surface area contributed by atoms with Crippen LogP contribution >= 0.6 is 0 Å². The largest absolute Gasteiger partial charge is 0.484 e. The van der Waals surface area contributed by atoms with Gasteiger partial charge in [0.15, 0.2) is 5.82 Å². The minimum Gasteiger partial charge on any atom is -0.367 e. The Morgan fingerprint density at radius 3 is 2.61 bits per heavy atom. The summed E-state index contributed by atoms with van der Waals surface area (Å²) in [5.41, 5.74) is 0.857. The van der Waals surface area contributed by atoms with Crippen molar-refractivity contribution < 1.29 is 31.1 Å². The Morgan fingerprint density at radius 2 is 2.00 bits per heavy atom. The molecule has 2 aliphatic heterocycles. The third kappa shape index (κ3) is 5.24. The second-order valence-electron chi connectivity index (χ2n) is 8.11. The van der Waals surface area contributed by atoms with Crippen LogP contribution in [0.5, 0.6) is 0 Å². The van der Waals surface area contributed by atoms with Crippen LogP contribution in [0.15, 0.2) is 42.1 Å². The van der Waals surface area contributed by atoms with Gasteiger partial charge in [0.25, 0.3) is 5.91 Å². The quantitative estimate of drug-likeness (QED) is 0.431. The Balaban J connectivity index is 1.47. The van der Waals surface area contributed by atoms with Crippen molar-refractivity contribution in [2.24, 2.45) is 7.05 Å². The standard InChI is InChI=1S/C22H19F6N7O/c1-34-17-11-35(16-4-3-14(21(23,24)25)8-13(16)9-29)7-6-15(17)19(33-34)31-18-5-2-12(10-30-18)20(36)32-22(26,27)28/h2-5,8,10,18,30H,6-7,11H2,1H3,(H,31,33)(H,32,36). The molecule has 0 fully saturated rings. The minimum atomic E-state index is -4.84. The summed E-state index contributed by atoms with van der Waals surface area (Å²) in [7, 11) is 1.70. The zero-order chi connectivity index (χ0) is 26.3. The Morgan fingerprint density at radius 1 is 1.25 bits per heavy atom. The predicted octanol–water partition coefficient (Wildman–Crippen LogP) is 3.29. The van der Waals surface area contributed by atoms with Gasteiger partial charge in [-0.15, -0.1) is 0 Å². The number of hydrogen-bond acceptors (Lipinski definition) is 6. The highest BCUT2D eigenvalue weighted by atomic mass is 19.4. The van der Waals surface area contributed by atoms with Crippen LogP contribution in [0.1, 0.15) is 22.4 Å². The summed E-state index contributed by atoms with van der Waals surface area (Å²) >= 11 is 0. The number of halogens is 6. The molecule has 4 rings (SSSR count). The van der Waals surface area contributed by atoms with Crippen LogP contribution in [0.3, 0.4) is 0 Å². The van der Waals surface area contributed by atoms with Crippen molar-refractivity contribution >= 4 is 17.4 Å². The molecule has 2 aromatic rings. The van der Waals surface area contributed by atoms with Crippen LogP contribution in [0.25, 0.3) is 0 Å². The second kappa shape index (κ2) is 9.14. The average molecular weight is 511 g/mol. The number of nitriles is 1. The van der Waals surface area contributed by atoms with Crippen LogP contribution < -0.4 is 20.9 Å². The van der Waals surface area contributed by atoms with Gasteiger partial charge in [-0.25, -0.2) is 0 Å². The first-order valence-corrected chi connectivity index (χ1v) is 10.6. The molecule has 0 spiro atoms. The van der Waals surface area contributed by atoms with E-state index in [1.54, 1.807) is 16.6 Å². The zero-order valence-corrected chi connectivity index (χ0v) is 18.6. The van der Waals surface area contributed by atoms with Gasteiger partial charge in [0.1, 0.15) is 12.2 Å². The number of aryl methyl sites for hydroxylation is 1. The summed E-state index contributed by atoms with van der Waals surface area (Å²) in [4.78, 5) is 13.4. The number of amides is 1. The number of nitrogens with zero attached hydrogens (tertiary/aromatic N) is 4. The van der Waals surface area contributed by atoms with Gasteiger partial charge in [-0.05, 0) is 36.8 Å². The van der Waals surface area contributed by atoms with E-state index in [0.717, 1.165) is 34.9 Å². The normalized spacial score (nSPS) is 17.6. The maximum absolute atomic E-state index is 13.0. The molecule has 1 unspecified atom stereocenters. The first-order chi connectivity index (χ1) is 16.9. The number of alkyl halides is 6. The van der Waals surface area contributed by atoms with Crippen molar-refractivity contribution in [3.8, 4) is 6.07 Å². The lowest BCUT2D eigenvalue weighted by Gasteiger charge is -2.30. The fourth-order valence-electron chi connectivity index (χ4n) is 4.03. The first-order valence-electron chi connectivity index (χ1n) is 10.6. The highest BCUT2D eigenvalue weighted by molar-refractivity contribution is 5.96. The molecule has 0 radical (unpaired) electrons. The summed E-state index contributed by atoms with van der Waals surface area (Å²) in [6.07, 6.45) is -5.59. The average Bonchev–Trinajstić information content (AvgIpc) is 3.11. The van der Waals surface area contributed by atoms with Gasteiger partial charge >= 0.3 is 12.5 Å². The highest BCUT2D eigenvalue weighted by Gasteiger charge is 2.33. The van der Waals surface area contributed by atoms with E-state index < -0.39 is 30.1 Å². The number of carbonyl (C=O) groups is 1. The molecule has 36 heavy (non-hydrogen) atoms. The SMILES string of the molecule is Cn1nc(NC2C=CC(C(=O)NC(F)(F)F)=CN2)c2c1CN(c1ccc(C(F)(F)F)cc1C#N)CC2. The second-order valence-corrected chi connectivity index (χ2v) is 8.11. The van der Waals surface area contributed by atoms with Crippen LogP contribution in [-0.2, 0) is 31.0 Å². The van der Waals surface area contributed by atoms with E-state index in [1.807, 2.05) is 6.07 Å². The van der Waals surface area contributed by atoms with Gasteiger partial charge in [-0.1, -0.05) is 0 Å². The number of carbonyl (C=O) groups excluding carboxylic acids is 1. The lowest BCUT2D eigenvalue weighted by Crippen LogP contribution is -2.40. The molecule has 190 valence electrons. The lowest BCUT2D eigenvalue weighted by atomic mass is 10.0. The van der Waals surface area contributed by atoms with Gasteiger partial charge in [-0.2, -0.15) is 36.7 Å². The lowest BCUT2D eigenvalue weighted by molar-refractivity contribution is -0.167. The fraction of sp³-hybridized carbons (Fsp3) is 0.318. The molecule has 0 saturated carbocycles. The van der Waals surface area contributed by atoms with Crippen molar-refractivity contribution in [2.75, 3.05) is 16.8 Å². The van der Waals surface area contributed by atoms with E-state index in [2.05, 4.69) is 15.7 Å². The number of hydrogen-bond donors (Lipinski definition) is 3. The Bertz CT molecular complexity index is 1290. The molecule has 0 aliphatic carbocycles. The van der Waals surface area contributed by atoms with Crippen LogP contribution in [0.4, 0.5) is 37.8 Å². The van der Waals surface area contributed by atoms with E-state index >= 15 is 0 Å². The molecule has 1 atom stereocenters. The van der Waals surface area contributed by atoms with Crippen molar-refractivity contribution in [1.82, 2.24) is 20.4 Å². The Labute approximate surface area is 200 Å². The third-order valence-electron chi connectivity index (χ3n) is 5.73. The van der Waals surface area contributed by atoms with Gasteiger partial charge in [0, 0.05) is 25.4 Å². The van der Waals surface area contributed by atoms with Gasteiger partial charge < -0.3 is 15.5 Å². The molecule has 1 aromatic heterocycles. The molecule has 3 N–H and O–H groups in total. The van der Waals surface area contributed by atoms with Crippen LogP contribution in [0.2, 0.25) is 0 Å². The zero-order valence-electron chi connectivity index (χ0n) is 18.6. The number of benzene rings is 1. The number of nitrogens with one attached hydrogen (secondary N) is 3. The summed E-state index contributed by atoms with van der Waals surface area (Å²) < 4.78 is 77.7. The monoisotopic (exact) mass is 511 g/mol. The third-order valence-corrected chi connectivity index (χ3v) is 5.73. The van der Waals surface area contributed by atoms with E-state index in [4.69, 9.17) is 0 Å². The molecular weight excluding hydrogens is 492 g/mol. The van der Waals surface area contributed by atoms with E-state index in [0.29, 0.717) is 31.0 Å². The van der Waals surface area contributed by atoms with Crippen molar-refractivity contribution in [2.45, 2.75) is 31.6 Å². The van der Waals surface area contributed by atoms with E-state index in [9.17, 15) is 36.4 Å². The molecule has 3 heterocycles. The van der Waals surface area contributed by atoms with E-state index in [-0.39, 0.29) is 11.1 Å². The fourth-order valence-corrected chi connectivity index (χ4v) is 4.03. The predicted molar refractivity (Wildman–Crippen MR) is 116 cm³/mol. The topological polar surface area (TPSA) is 98.0 Å². The summed E-state index contributed by atoms with van der Waals surface area (Å²) in [5.74, 6) is -0.779. The number of fused-ring (bicyclic) bond motifs is 1. The van der Waals surface area contributed by atoms with Gasteiger partial charge in [0.2, 0.25) is 0 Å². The molecule has 0 saturated heterocycles. The summed E-state index contributed by atoms with van der Waals surface area (Å²) in [5, 5.41) is 20.7. The van der Waals surface area contributed by atoms with Crippen molar-refractivity contribution in [3.05, 3.63) is 64.5 Å². The molecule has 0 bridgehead atoms. The smallest absolute Gasteiger partial charge is 0.367 e. The van der Waals surface area contributed by atoms with Crippen molar-refractivity contribution in [1.29, 1.82) is 5.26 Å². The highest BCUT2D eigenvalue weighted by Crippen LogP contribution is 2.35. The summed E-state index contributed by atoms with van der Waals surface area (Å²) in [6.45, 7) is 0.721. The number of aromatic nitrogens is 2. The maximum atomic E-state index is 13.0. The first kappa shape index (κ1) is 25.0. The molecular formula is C22H19F6N7O. The van der Waals surface area contributed by atoms with Crippen LogP contribution in [-0.4, -0.2) is 34.7 Å². The molecule has 2 aliphatic rings.